The molecule has 1 unspecified atom stereocenters. The Hall–Kier alpha value is -1.60. The molecule has 0 bridgehead atoms. The van der Waals surface area contributed by atoms with Gasteiger partial charge in [-0.2, -0.15) is 0 Å². The second kappa shape index (κ2) is 6.71. The van der Waals surface area contributed by atoms with Gasteiger partial charge in [-0.05, 0) is 44.7 Å². The Morgan fingerprint density at radius 1 is 0.900 bits per heavy atom. The number of benzene rings is 2. The van der Waals surface area contributed by atoms with E-state index in [1.165, 1.54) is 11.1 Å². The maximum Gasteiger partial charge on any atom is 0.0804 e. The van der Waals surface area contributed by atoms with E-state index in [0.717, 1.165) is 12.8 Å². The second-order valence-corrected chi connectivity index (χ2v) is 5.92. The molecule has 106 valence electrons. The molecule has 2 rings (SSSR count). The highest BCUT2D eigenvalue weighted by atomic mass is 16.5. The molecule has 0 N–H and O–H groups in total. The van der Waals surface area contributed by atoms with E-state index >= 15 is 0 Å². The first-order valence-corrected chi connectivity index (χ1v) is 7.33. The number of aryl methyl sites for hydroxylation is 1. The second-order valence-electron chi connectivity index (χ2n) is 5.92. The number of rotatable bonds is 6. The van der Waals surface area contributed by atoms with Crippen molar-refractivity contribution in [3.05, 3.63) is 71.8 Å². The molecule has 0 heterocycles. The van der Waals surface area contributed by atoms with Crippen molar-refractivity contribution in [2.75, 3.05) is 0 Å². The van der Waals surface area contributed by atoms with Crippen LogP contribution in [-0.4, -0.2) is 5.60 Å². The summed E-state index contributed by atoms with van der Waals surface area (Å²) in [6.07, 6.45) is 2.20. The molecule has 0 saturated carbocycles. The highest BCUT2D eigenvalue weighted by Crippen LogP contribution is 2.27. The van der Waals surface area contributed by atoms with E-state index < -0.39 is 0 Å². The normalized spacial score (nSPS) is 13.2. The molecule has 0 fully saturated rings. The predicted molar refractivity (Wildman–Crippen MR) is 84.8 cm³/mol. The van der Waals surface area contributed by atoms with E-state index in [4.69, 9.17) is 4.74 Å². The van der Waals surface area contributed by atoms with E-state index in [-0.39, 0.29) is 11.7 Å². The molecular weight excluding hydrogens is 244 g/mol. The Morgan fingerprint density at radius 3 is 2.05 bits per heavy atom. The van der Waals surface area contributed by atoms with E-state index in [0.29, 0.717) is 0 Å². The van der Waals surface area contributed by atoms with Gasteiger partial charge < -0.3 is 4.74 Å². The van der Waals surface area contributed by atoms with Crippen molar-refractivity contribution < 1.29 is 4.74 Å². The first kappa shape index (κ1) is 14.8. The van der Waals surface area contributed by atoms with Gasteiger partial charge in [-0.25, -0.2) is 0 Å². The van der Waals surface area contributed by atoms with Gasteiger partial charge in [0, 0.05) is 0 Å². The molecule has 20 heavy (non-hydrogen) atoms. The molecule has 0 aliphatic rings. The van der Waals surface area contributed by atoms with E-state index in [9.17, 15) is 0 Å². The van der Waals surface area contributed by atoms with E-state index in [1.54, 1.807) is 0 Å². The topological polar surface area (TPSA) is 9.23 Å². The Kier molecular flexibility index (Phi) is 4.97. The standard InChI is InChI=1S/C19H24O/c1-16(18-12-8-5-9-13-18)20-19(2,3)15-14-17-10-6-4-7-11-17/h4-13,16H,14-15H2,1-3H3. The van der Waals surface area contributed by atoms with Gasteiger partial charge in [-0.3, -0.25) is 0 Å². The third-order valence-corrected chi connectivity index (χ3v) is 3.62. The van der Waals surface area contributed by atoms with Crippen LogP contribution in [0.2, 0.25) is 0 Å². The Bertz CT molecular complexity index is 502. The number of hydrogen-bond donors (Lipinski definition) is 0. The monoisotopic (exact) mass is 268 g/mol. The molecule has 2 aromatic carbocycles. The van der Waals surface area contributed by atoms with E-state index in [1.807, 2.05) is 6.07 Å². The Morgan fingerprint density at radius 2 is 1.45 bits per heavy atom. The van der Waals surface area contributed by atoms with Gasteiger partial charge in [0.15, 0.2) is 0 Å². The van der Waals surface area contributed by atoms with Gasteiger partial charge in [0.1, 0.15) is 0 Å². The molecular formula is C19H24O. The predicted octanol–water partition coefficient (Wildman–Crippen LogP) is 5.18. The lowest BCUT2D eigenvalue weighted by molar-refractivity contribution is -0.0699. The minimum absolute atomic E-state index is 0.120. The van der Waals surface area contributed by atoms with Crippen molar-refractivity contribution in [1.29, 1.82) is 0 Å². The fourth-order valence-electron chi connectivity index (χ4n) is 2.42. The molecule has 1 nitrogen and oxygen atoms in total. The number of hydrogen-bond acceptors (Lipinski definition) is 1. The molecule has 0 aliphatic carbocycles. The van der Waals surface area contributed by atoms with Crippen LogP contribution in [-0.2, 0) is 11.2 Å². The summed E-state index contributed by atoms with van der Waals surface area (Å²) >= 11 is 0. The van der Waals surface area contributed by atoms with Gasteiger partial charge >= 0.3 is 0 Å². The summed E-state index contributed by atoms with van der Waals surface area (Å²) in [5.74, 6) is 0. The van der Waals surface area contributed by atoms with Crippen molar-refractivity contribution in [2.24, 2.45) is 0 Å². The Balaban J connectivity index is 1.90. The van der Waals surface area contributed by atoms with Gasteiger partial charge in [-0.15, -0.1) is 0 Å². The van der Waals surface area contributed by atoms with Crippen molar-refractivity contribution in [1.82, 2.24) is 0 Å². The summed E-state index contributed by atoms with van der Waals surface area (Å²) < 4.78 is 6.25. The van der Waals surface area contributed by atoms with Crippen molar-refractivity contribution in [3.63, 3.8) is 0 Å². The molecule has 0 radical (unpaired) electrons. The van der Waals surface area contributed by atoms with Crippen LogP contribution in [0.25, 0.3) is 0 Å². The molecule has 1 heteroatoms. The van der Waals surface area contributed by atoms with Gasteiger partial charge in [-0.1, -0.05) is 60.7 Å². The molecule has 0 aliphatic heterocycles. The summed E-state index contributed by atoms with van der Waals surface area (Å²) in [5.41, 5.74) is 2.49. The molecule has 0 spiro atoms. The third kappa shape index (κ3) is 4.50. The fourth-order valence-corrected chi connectivity index (χ4v) is 2.42. The van der Waals surface area contributed by atoms with Crippen molar-refractivity contribution in [2.45, 2.75) is 45.3 Å². The molecule has 0 amide bonds. The van der Waals surface area contributed by atoms with E-state index in [2.05, 4.69) is 75.4 Å². The molecule has 2 aromatic rings. The van der Waals surface area contributed by atoms with Crippen LogP contribution in [0.5, 0.6) is 0 Å². The lowest BCUT2D eigenvalue weighted by Gasteiger charge is -2.29. The lowest BCUT2D eigenvalue weighted by Crippen LogP contribution is -2.26. The summed E-state index contributed by atoms with van der Waals surface area (Å²) in [6, 6.07) is 21.0. The molecule has 0 aromatic heterocycles. The lowest BCUT2D eigenvalue weighted by atomic mass is 9.98. The van der Waals surface area contributed by atoms with Crippen molar-refractivity contribution in [3.8, 4) is 0 Å². The first-order valence-electron chi connectivity index (χ1n) is 7.33. The smallest absolute Gasteiger partial charge is 0.0804 e. The average Bonchev–Trinajstić information content (AvgIpc) is 2.47. The number of ether oxygens (including phenoxy) is 1. The zero-order chi connectivity index (χ0) is 14.4. The van der Waals surface area contributed by atoms with Crippen LogP contribution in [0, 0.1) is 0 Å². The molecule has 1 atom stereocenters. The SMILES string of the molecule is CC(OC(C)(C)CCc1ccccc1)c1ccccc1. The minimum atomic E-state index is -0.120. The fraction of sp³-hybridized carbons (Fsp3) is 0.368. The van der Waals surface area contributed by atoms with Gasteiger partial charge in [0.25, 0.3) is 0 Å². The van der Waals surface area contributed by atoms with Gasteiger partial charge in [0.2, 0.25) is 0 Å². The maximum absolute atomic E-state index is 6.25. The van der Waals surface area contributed by atoms with Crippen molar-refractivity contribution >= 4 is 0 Å². The third-order valence-electron chi connectivity index (χ3n) is 3.62. The minimum Gasteiger partial charge on any atom is -0.368 e. The van der Waals surface area contributed by atoms with Crippen LogP contribution in [0.1, 0.15) is 44.4 Å². The highest BCUT2D eigenvalue weighted by molar-refractivity contribution is 5.17. The highest BCUT2D eigenvalue weighted by Gasteiger charge is 2.22. The van der Waals surface area contributed by atoms with Crippen LogP contribution < -0.4 is 0 Å². The van der Waals surface area contributed by atoms with Crippen LogP contribution in [0.3, 0.4) is 0 Å². The van der Waals surface area contributed by atoms with Crippen LogP contribution >= 0.6 is 0 Å². The largest absolute Gasteiger partial charge is 0.368 e. The average molecular weight is 268 g/mol. The molecule has 0 saturated heterocycles. The zero-order valence-corrected chi connectivity index (χ0v) is 12.7. The van der Waals surface area contributed by atoms with Gasteiger partial charge in [0.05, 0.1) is 11.7 Å². The Labute approximate surface area is 122 Å². The quantitative estimate of drug-likeness (QED) is 0.701. The van der Waals surface area contributed by atoms with Crippen LogP contribution in [0.4, 0.5) is 0 Å². The van der Waals surface area contributed by atoms with Crippen LogP contribution in [0.15, 0.2) is 60.7 Å². The summed E-state index contributed by atoms with van der Waals surface area (Å²) in [7, 11) is 0. The first-order chi connectivity index (χ1) is 9.57. The summed E-state index contributed by atoms with van der Waals surface area (Å²) in [6.45, 7) is 6.48. The summed E-state index contributed by atoms with van der Waals surface area (Å²) in [4.78, 5) is 0. The zero-order valence-electron chi connectivity index (χ0n) is 12.7. The summed E-state index contributed by atoms with van der Waals surface area (Å²) in [5, 5.41) is 0. The maximum atomic E-state index is 6.25.